The third-order valence-corrected chi connectivity index (χ3v) is 2.35. The Morgan fingerprint density at radius 1 is 1.24 bits per heavy atom. The van der Waals surface area contributed by atoms with Crippen molar-refractivity contribution in [3.8, 4) is 12.1 Å². The van der Waals surface area contributed by atoms with Crippen molar-refractivity contribution >= 4 is 21.7 Å². The maximum Gasteiger partial charge on any atom is 0.172 e. The van der Waals surface area contributed by atoms with Crippen LogP contribution in [-0.2, 0) is 4.74 Å². The van der Waals surface area contributed by atoms with Crippen LogP contribution in [0.1, 0.15) is 5.56 Å². The molecule has 17 heavy (non-hydrogen) atoms. The van der Waals surface area contributed by atoms with Crippen molar-refractivity contribution in [1.82, 2.24) is 0 Å². The van der Waals surface area contributed by atoms with Gasteiger partial charge in [-0.2, -0.15) is 10.5 Å². The summed E-state index contributed by atoms with van der Waals surface area (Å²) < 4.78 is 32.1. The number of benzene rings is 1. The highest BCUT2D eigenvalue weighted by atomic mass is 79.9. The molecule has 0 atom stereocenters. The van der Waals surface area contributed by atoms with Gasteiger partial charge in [-0.3, -0.25) is 0 Å². The zero-order chi connectivity index (χ0) is 13.0. The highest BCUT2D eigenvalue weighted by Gasteiger charge is 2.19. The van der Waals surface area contributed by atoms with Crippen LogP contribution in [0.25, 0.3) is 5.76 Å². The highest BCUT2D eigenvalue weighted by Crippen LogP contribution is 2.27. The molecule has 86 valence electrons. The molecular weight excluding hydrogens is 294 g/mol. The zero-order valence-corrected chi connectivity index (χ0v) is 10.2. The average Bonchev–Trinajstić information content (AvgIpc) is 2.27. The second kappa shape index (κ2) is 5.42. The number of halogens is 3. The van der Waals surface area contributed by atoms with Crippen LogP contribution >= 0.6 is 15.9 Å². The fourth-order valence-electron chi connectivity index (χ4n) is 1.21. The Morgan fingerprint density at radius 3 is 2.06 bits per heavy atom. The van der Waals surface area contributed by atoms with Crippen LogP contribution in [0, 0.1) is 34.3 Å². The molecule has 0 aliphatic carbocycles. The van der Waals surface area contributed by atoms with Crippen molar-refractivity contribution in [2.24, 2.45) is 0 Å². The second-order valence-electron chi connectivity index (χ2n) is 2.88. The maximum absolute atomic E-state index is 13.6. The van der Waals surface area contributed by atoms with Gasteiger partial charge < -0.3 is 4.74 Å². The quantitative estimate of drug-likeness (QED) is 0.622. The summed E-state index contributed by atoms with van der Waals surface area (Å²) in [5.74, 6) is -2.26. The van der Waals surface area contributed by atoms with E-state index in [1.165, 1.54) is 12.1 Å². The van der Waals surface area contributed by atoms with E-state index in [0.717, 1.165) is 19.2 Å². The number of hydrogen-bond acceptors (Lipinski definition) is 3. The molecule has 0 aromatic heterocycles. The Labute approximate surface area is 105 Å². The molecule has 0 saturated carbocycles. The molecule has 0 saturated heterocycles. The molecule has 0 unspecified atom stereocenters. The predicted octanol–water partition coefficient (Wildman–Crippen LogP) is 3.13. The molecule has 0 bridgehead atoms. The second-order valence-corrected chi connectivity index (χ2v) is 3.79. The first-order valence-corrected chi connectivity index (χ1v) is 5.07. The summed E-state index contributed by atoms with van der Waals surface area (Å²) >= 11 is 2.92. The van der Waals surface area contributed by atoms with E-state index in [-0.39, 0.29) is 4.47 Å². The van der Waals surface area contributed by atoms with Crippen molar-refractivity contribution in [1.29, 1.82) is 10.5 Å². The number of rotatable bonds is 2. The molecule has 0 heterocycles. The van der Waals surface area contributed by atoms with E-state index in [2.05, 4.69) is 15.9 Å². The first kappa shape index (κ1) is 13.1. The van der Waals surface area contributed by atoms with Gasteiger partial charge in [-0.25, -0.2) is 8.78 Å². The monoisotopic (exact) mass is 298 g/mol. The van der Waals surface area contributed by atoms with Crippen LogP contribution in [0.4, 0.5) is 8.78 Å². The lowest BCUT2D eigenvalue weighted by Crippen LogP contribution is -2.00. The maximum atomic E-state index is 13.6. The van der Waals surface area contributed by atoms with E-state index in [1.807, 2.05) is 0 Å². The molecule has 3 nitrogen and oxygen atoms in total. The van der Waals surface area contributed by atoms with Gasteiger partial charge in [0.15, 0.2) is 11.3 Å². The van der Waals surface area contributed by atoms with Crippen LogP contribution in [-0.4, -0.2) is 7.11 Å². The third kappa shape index (κ3) is 2.61. The largest absolute Gasteiger partial charge is 0.494 e. The summed E-state index contributed by atoms with van der Waals surface area (Å²) in [6, 6.07) is 5.07. The number of allylic oxidation sites excluding steroid dienone is 1. The summed E-state index contributed by atoms with van der Waals surface area (Å²) in [6.45, 7) is 0. The fourth-order valence-corrected chi connectivity index (χ4v) is 1.62. The summed E-state index contributed by atoms with van der Waals surface area (Å²) in [5.41, 5.74) is -1.03. The normalized spacial score (nSPS) is 9.06. The van der Waals surface area contributed by atoms with Crippen LogP contribution in [0.5, 0.6) is 0 Å². The lowest BCUT2D eigenvalue weighted by atomic mass is 10.1. The summed E-state index contributed by atoms with van der Waals surface area (Å²) in [4.78, 5) is 0. The molecule has 0 fully saturated rings. The van der Waals surface area contributed by atoms with Crippen LogP contribution in [0.2, 0.25) is 0 Å². The number of ether oxygens (including phenoxy) is 1. The Morgan fingerprint density at radius 2 is 1.71 bits per heavy atom. The lowest BCUT2D eigenvalue weighted by Gasteiger charge is -2.09. The van der Waals surface area contributed by atoms with Gasteiger partial charge >= 0.3 is 0 Å². The minimum atomic E-state index is -0.920. The molecular formula is C11H5BrF2N2O. The van der Waals surface area contributed by atoms with E-state index in [4.69, 9.17) is 15.3 Å². The standard InChI is InChI=1S/C11H5BrF2N2O/c1-17-11(6(4-15)5-16)10-8(13)2-7(12)3-9(10)14/h2-3H,1H3. The van der Waals surface area contributed by atoms with Crippen molar-refractivity contribution < 1.29 is 13.5 Å². The Balaban J connectivity index is 3.60. The van der Waals surface area contributed by atoms with Gasteiger partial charge in [-0.15, -0.1) is 0 Å². The Bertz CT molecular complexity index is 531. The Hall–Kier alpha value is -1.92. The van der Waals surface area contributed by atoms with E-state index in [0.29, 0.717) is 0 Å². The molecule has 1 aromatic carbocycles. The predicted molar refractivity (Wildman–Crippen MR) is 59.2 cm³/mol. The number of hydrogen-bond donors (Lipinski definition) is 0. The molecule has 1 rings (SSSR count). The van der Waals surface area contributed by atoms with E-state index in [1.54, 1.807) is 0 Å². The molecule has 6 heteroatoms. The van der Waals surface area contributed by atoms with Crippen molar-refractivity contribution in [2.75, 3.05) is 7.11 Å². The smallest absolute Gasteiger partial charge is 0.172 e. The lowest BCUT2D eigenvalue weighted by molar-refractivity contribution is 0.362. The summed E-state index contributed by atoms with van der Waals surface area (Å²) in [6.07, 6.45) is 0. The van der Waals surface area contributed by atoms with Gasteiger partial charge in [-0.05, 0) is 12.1 Å². The van der Waals surface area contributed by atoms with Gasteiger partial charge in [0.05, 0.1) is 12.7 Å². The fraction of sp³-hybridized carbons (Fsp3) is 0.0909. The minimum Gasteiger partial charge on any atom is -0.494 e. The van der Waals surface area contributed by atoms with E-state index < -0.39 is 28.5 Å². The molecule has 0 N–H and O–H groups in total. The minimum absolute atomic E-state index is 0.210. The van der Waals surface area contributed by atoms with Gasteiger partial charge in [-0.1, -0.05) is 15.9 Å². The van der Waals surface area contributed by atoms with Crippen molar-refractivity contribution in [3.05, 3.63) is 39.4 Å². The van der Waals surface area contributed by atoms with E-state index in [9.17, 15) is 8.78 Å². The summed E-state index contributed by atoms with van der Waals surface area (Å²) in [5, 5.41) is 17.3. The molecule has 0 amide bonds. The van der Waals surface area contributed by atoms with Crippen LogP contribution < -0.4 is 0 Å². The Kier molecular flexibility index (Phi) is 4.19. The summed E-state index contributed by atoms with van der Waals surface area (Å²) in [7, 11) is 1.13. The van der Waals surface area contributed by atoms with Gasteiger partial charge in [0, 0.05) is 4.47 Å². The SMILES string of the molecule is COC(=C(C#N)C#N)c1c(F)cc(Br)cc1F. The first-order valence-electron chi connectivity index (χ1n) is 4.28. The molecule has 0 spiro atoms. The van der Waals surface area contributed by atoms with Gasteiger partial charge in [0.2, 0.25) is 0 Å². The molecule has 1 aromatic rings. The average molecular weight is 299 g/mol. The van der Waals surface area contributed by atoms with Crippen molar-refractivity contribution in [2.45, 2.75) is 0 Å². The first-order chi connectivity index (χ1) is 8.04. The molecule has 0 radical (unpaired) electrons. The topological polar surface area (TPSA) is 56.8 Å². The molecule has 0 aliphatic rings. The molecule has 0 aliphatic heterocycles. The van der Waals surface area contributed by atoms with E-state index >= 15 is 0 Å². The zero-order valence-electron chi connectivity index (χ0n) is 8.59. The third-order valence-electron chi connectivity index (χ3n) is 1.89. The van der Waals surface area contributed by atoms with Crippen molar-refractivity contribution in [3.63, 3.8) is 0 Å². The number of nitriles is 2. The van der Waals surface area contributed by atoms with Crippen LogP contribution in [0.3, 0.4) is 0 Å². The number of nitrogens with zero attached hydrogens (tertiary/aromatic N) is 2. The van der Waals surface area contributed by atoms with Gasteiger partial charge in [0.25, 0.3) is 0 Å². The van der Waals surface area contributed by atoms with Crippen LogP contribution in [0.15, 0.2) is 22.2 Å². The number of methoxy groups -OCH3 is 1. The van der Waals surface area contributed by atoms with Gasteiger partial charge in [0.1, 0.15) is 23.8 Å². The highest BCUT2D eigenvalue weighted by molar-refractivity contribution is 9.10.